The molecule has 2 aliphatic heterocycles. The average Bonchev–Trinajstić information content (AvgIpc) is 2.79. The standard InChI is InChI=1S/C24H27NO6Se/c1-24(2,3)23(26)31-20-18(25-27)22(32-16-12-8-5-9-13-16)29-17-14-28-21(30-19(17)20)15-10-6-4-7-11-15/h4-13,17,19-22,27H,14H2,1-3H3/b25-18+/t17-,19-,20-,21?,22-/m1/s1. The van der Waals surface area contributed by atoms with E-state index in [4.69, 9.17) is 18.9 Å². The zero-order valence-electron chi connectivity index (χ0n) is 18.2. The van der Waals surface area contributed by atoms with Crippen LogP contribution in [0.25, 0.3) is 0 Å². The molecule has 1 unspecified atom stereocenters. The molecule has 32 heavy (non-hydrogen) atoms. The Hall–Kier alpha value is -2.22. The van der Waals surface area contributed by atoms with Crippen LogP contribution in [0.1, 0.15) is 32.6 Å². The maximum atomic E-state index is 12.8. The number of hydrogen-bond donors (Lipinski definition) is 1. The van der Waals surface area contributed by atoms with E-state index in [0.29, 0.717) is 0 Å². The molecule has 0 saturated carbocycles. The molecule has 2 heterocycles. The number of carbonyl (C=O) groups excluding carboxylic acids is 1. The monoisotopic (exact) mass is 505 g/mol. The Labute approximate surface area is 193 Å². The van der Waals surface area contributed by atoms with Crippen LogP contribution < -0.4 is 4.46 Å². The number of carbonyl (C=O) groups is 1. The van der Waals surface area contributed by atoms with Crippen LogP contribution in [0.15, 0.2) is 65.8 Å². The van der Waals surface area contributed by atoms with Crippen LogP contribution in [0.5, 0.6) is 0 Å². The van der Waals surface area contributed by atoms with Crippen molar-refractivity contribution >= 4 is 31.1 Å². The van der Waals surface area contributed by atoms with Crippen LogP contribution in [-0.2, 0) is 23.7 Å². The van der Waals surface area contributed by atoms with Gasteiger partial charge in [-0.15, -0.1) is 0 Å². The second kappa shape index (κ2) is 9.73. The fraction of sp³-hybridized carbons (Fsp3) is 0.417. The third-order valence-corrected chi connectivity index (χ3v) is 7.54. The van der Waals surface area contributed by atoms with E-state index in [0.717, 1.165) is 10.0 Å². The summed E-state index contributed by atoms with van der Waals surface area (Å²) in [4.78, 5) is 12.8. The Morgan fingerprint density at radius 2 is 1.72 bits per heavy atom. The third-order valence-electron chi connectivity index (χ3n) is 5.21. The number of esters is 1. The molecule has 2 aromatic rings. The molecule has 8 heteroatoms. The topological polar surface area (TPSA) is 86.6 Å². The van der Waals surface area contributed by atoms with E-state index in [9.17, 15) is 10.0 Å². The van der Waals surface area contributed by atoms with Crippen molar-refractivity contribution in [3.63, 3.8) is 0 Å². The number of rotatable bonds is 4. The van der Waals surface area contributed by atoms with Gasteiger partial charge < -0.3 is 0 Å². The van der Waals surface area contributed by atoms with Gasteiger partial charge in [-0.25, -0.2) is 0 Å². The van der Waals surface area contributed by atoms with Crippen molar-refractivity contribution in [1.29, 1.82) is 0 Å². The van der Waals surface area contributed by atoms with Gasteiger partial charge in [-0.3, -0.25) is 0 Å². The predicted molar refractivity (Wildman–Crippen MR) is 119 cm³/mol. The van der Waals surface area contributed by atoms with Gasteiger partial charge in [0.05, 0.1) is 0 Å². The van der Waals surface area contributed by atoms with Gasteiger partial charge >= 0.3 is 194 Å². The Morgan fingerprint density at radius 3 is 2.34 bits per heavy atom. The van der Waals surface area contributed by atoms with Crippen molar-refractivity contribution in [2.45, 2.75) is 50.4 Å². The van der Waals surface area contributed by atoms with Crippen LogP contribution in [0.3, 0.4) is 0 Å². The van der Waals surface area contributed by atoms with Crippen LogP contribution in [0, 0.1) is 5.41 Å². The first kappa shape index (κ1) is 23.0. The summed E-state index contributed by atoms with van der Waals surface area (Å²) < 4.78 is 25.4. The normalized spacial score (nSPS) is 29.3. The fourth-order valence-electron chi connectivity index (χ4n) is 3.48. The van der Waals surface area contributed by atoms with Crippen molar-refractivity contribution in [3.8, 4) is 0 Å². The molecule has 7 nitrogen and oxygen atoms in total. The van der Waals surface area contributed by atoms with E-state index in [1.807, 2.05) is 60.7 Å². The summed E-state index contributed by atoms with van der Waals surface area (Å²) in [5.74, 6) is -0.401. The van der Waals surface area contributed by atoms with E-state index >= 15 is 0 Å². The Bertz CT molecular complexity index is 946. The molecule has 0 bridgehead atoms. The molecule has 2 fully saturated rings. The molecule has 0 amide bonds. The second-order valence-electron chi connectivity index (χ2n) is 8.71. The summed E-state index contributed by atoms with van der Waals surface area (Å²) in [5, 5.41) is 13.0. The van der Waals surface area contributed by atoms with E-state index in [1.54, 1.807) is 20.8 Å². The Kier molecular flexibility index (Phi) is 6.98. The number of hydrogen-bond acceptors (Lipinski definition) is 7. The van der Waals surface area contributed by atoms with Gasteiger partial charge in [0.2, 0.25) is 0 Å². The summed E-state index contributed by atoms with van der Waals surface area (Å²) in [6, 6.07) is 19.4. The summed E-state index contributed by atoms with van der Waals surface area (Å²) >= 11 is -0.212. The molecule has 170 valence electrons. The van der Waals surface area contributed by atoms with Crippen LogP contribution >= 0.6 is 0 Å². The first-order valence-corrected chi connectivity index (χ1v) is 12.3. The number of fused-ring (bicyclic) bond motifs is 1. The maximum absolute atomic E-state index is 12.8. The van der Waals surface area contributed by atoms with Gasteiger partial charge in [0.15, 0.2) is 0 Å². The molecule has 0 radical (unpaired) electrons. The number of benzene rings is 2. The molecule has 0 aromatic heterocycles. The Morgan fingerprint density at radius 1 is 1.06 bits per heavy atom. The molecular formula is C24H27NO6Se. The molecule has 2 aromatic carbocycles. The number of oxime groups is 1. The summed E-state index contributed by atoms with van der Waals surface area (Å²) in [6.07, 6.45) is -2.63. The molecular weight excluding hydrogens is 477 g/mol. The average molecular weight is 504 g/mol. The van der Waals surface area contributed by atoms with Gasteiger partial charge in [-0.2, -0.15) is 0 Å². The van der Waals surface area contributed by atoms with Crippen molar-refractivity contribution in [2.24, 2.45) is 10.6 Å². The first-order valence-electron chi connectivity index (χ1n) is 10.5. The summed E-state index contributed by atoms with van der Waals surface area (Å²) in [5.41, 5.74) is 0.393. The molecule has 1 N–H and O–H groups in total. The van der Waals surface area contributed by atoms with E-state index < -0.39 is 41.0 Å². The van der Waals surface area contributed by atoms with Crippen LogP contribution in [0.4, 0.5) is 0 Å². The first-order chi connectivity index (χ1) is 15.4. The molecule has 5 atom stereocenters. The van der Waals surface area contributed by atoms with Gasteiger partial charge in [-0.1, -0.05) is 0 Å². The van der Waals surface area contributed by atoms with Gasteiger partial charge in [0.1, 0.15) is 0 Å². The van der Waals surface area contributed by atoms with Gasteiger partial charge in [0.25, 0.3) is 0 Å². The minimum absolute atomic E-state index is 0.212. The zero-order chi connectivity index (χ0) is 22.7. The molecule has 0 spiro atoms. The third kappa shape index (κ3) is 5.05. The van der Waals surface area contributed by atoms with E-state index in [-0.39, 0.29) is 27.3 Å². The Balaban J connectivity index is 1.63. The molecule has 2 aliphatic rings. The number of ether oxygens (including phenoxy) is 4. The van der Waals surface area contributed by atoms with Crippen LogP contribution in [-0.4, -0.2) is 61.8 Å². The van der Waals surface area contributed by atoms with Crippen molar-refractivity contribution in [1.82, 2.24) is 0 Å². The van der Waals surface area contributed by atoms with E-state index in [1.165, 1.54) is 0 Å². The van der Waals surface area contributed by atoms with Crippen molar-refractivity contribution in [2.75, 3.05) is 6.61 Å². The van der Waals surface area contributed by atoms with Gasteiger partial charge in [-0.05, 0) is 0 Å². The van der Waals surface area contributed by atoms with Gasteiger partial charge in [0, 0.05) is 0 Å². The van der Waals surface area contributed by atoms with Crippen molar-refractivity contribution in [3.05, 3.63) is 66.2 Å². The second-order valence-corrected chi connectivity index (χ2v) is 11.1. The summed E-state index contributed by atoms with van der Waals surface area (Å²) in [6.45, 7) is 5.62. The molecule has 4 rings (SSSR count). The zero-order valence-corrected chi connectivity index (χ0v) is 19.9. The quantitative estimate of drug-likeness (QED) is 0.298. The van der Waals surface area contributed by atoms with Crippen LogP contribution in [0.2, 0.25) is 0 Å². The summed E-state index contributed by atoms with van der Waals surface area (Å²) in [7, 11) is 0. The minimum atomic E-state index is -0.879. The number of nitrogens with zero attached hydrogens (tertiary/aromatic N) is 1. The van der Waals surface area contributed by atoms with Crippen molar-refractivity contribution < 1.29 is 28.9 Å². The predicted octanol–water partition coefficient (Wildman–Crippen LogP) is 2.64. The van der Waals surface area contributed by atoms with E-state index in [2.05, 4.69) is 5.16 Å². The fourth-order valence-corrected chi connectivity index (χ4v) is 5.71. The SMILES string of the molecule is CC(C)(C)C(=O)O[C@@H]1/C(=N\O)[C@@H]([Se]c2ccccc2)O[C@@H]2COC(c3ccccc3)O[C@@H]12. The molecule has 2 saturated heterocycles. The molecule has 0 aliphatic carbocycles.